The van der Waals surface area contributed by atoms with Crippen molar-refractivity contribution in [1.82, 2.24) is 24.2 Å². The number of carbonyl (C=O) groups is 1. The molecule has 2 unspecified atom stereocenters. The van der Waals surface area contributed by atoms with Crippen molar-refractivity contribution in [3.8, 4) is 16.9 Å². The molecule has 0 radical (unpaired) electrons. The van der Waals surface area contributed by atoms with Crippen molar-refractivity contribution < 1.29 is 28.5 Å². The van der Waals surface area contributed by atoms with Gasteiger partial charge in [-0.25, -0.2) is 9.97 Å². The number of benzene rings is 2. The summed E-state index contributed by atoms with van der Waals surface area (Å²) in [4.78, 5) is 37.8. The predicted octanol–water partition coefficient (Wildman–Crippen LogP) is 1.84. The quantitative estimate of drug-likeness (QED) is 0.330. The Bertz CT molecular complexity index is 1610. The summed E-state index contributed by atoms with van der Waals surface area (Å²) < 4.78 is 33.7. The summed E-state index contributed by atoms with van der Waals surface area (Å²) in [5.41, 5.74) is 2.38. The van der Waals surface area contributed by atoms with Gasteiger partial charge >= 0.3 is 6.61 Å². The van der Waals surface area contributed by atoms with Crippen LogP contribution in [0.15, 0.2) is 59.7 Å². The Morgan fingerprint density at radius 2 is 1.85 bits per heavy atom. The highest BCUT2D eigenvalue weighted by molar-refractivity contribution is 5.84. The number of aromatic nitrogens is 4. The molecule has 0 aliphatic carbocycles. The van der Waals surface area contributed by atoms with Gasteiger partial charge < -0.3 is 24.7 Å². The molecule has 2 aromatic heterocycles. The molecule has 1 saturated heterocycles. The number of carbonyl (C=O) groups excluding carboxylic acids is 1. The Hall–Kier alpha value is -4.36. The Morgan fingerprint density at radius 3 is 2.54 bits per heavy atom. The lowest BCUT2D eigenvalue weighted by Gasteiger charge is -2.40. The standard InChI is InChI=1S/C28H30F2N6O5/c1-17-14-34(9-10-35(17)26(40)23(38)16-37)28-31-12-20(13-32-28)18-7-8-21-22(11-18)36(33(2)25(21)39)15-19-5-3-4-6-24(19)41-27(29)30/h3-8,11-13,17,23,27,37-38H,9-10,14-16H2,1-2H3. The van der Waals surface area contributed by atoms with Crippen LogP contribution in [0.2, 0.25) is 0 Å². The van der Waals surface area contributed by atoms with Crippen LogP contribution in [0.1, 0.15) is 12.5 Å². The Balaban J connectivity index is 1.39. The van der Waals surface area contributed by atoms with Gasteiger partial charge in [-0.2, -0.15) is 8.78 Å². The van der Waals surface area contributed by atoms with E-state index in [4.69, 9.17) is 5.11 Å². The van der Waals surface area contributed by atoms with E-state index >= 15 is 0 Å². The summed E-state index contributed by atoms with van der Waals surface area (Å²) in [6.07, 6.45) is 1.93. The molecule has 5 rings (SSSR count). The smallest absolute Gasteiger partial charge is 0.387 e. The number of hydrogen-bond donors (Lipinski definition) is 2. The first-order chi connectivity index (χ1) is 19.7. The second-order valence-electron chi connectivity index (χ2n) is 9.90. The van der Waals surface area contributed by atoms with Crippen LogP contribution in [0.25, 0.3) is 22.0 Å². The third-order valence-corrected chi connectivity index (χ3v) is 7.29. The second kappa shape index (κ2) is 11.6. The van der Waals surface area contributed by atoms with Crippen LogP contribution in [-0.2, 0) is 18.4 Å². The Kier molecular flexibility index (Phi) is 7.99. The lowest BCUT2D eigenvalue weighted by Crippen LogP contribution is -2.57. The molecule has 2 N–H and O–H groups in total. The lowest BCUT2D eigenvalue weighted by molar-refractivity contribution is -0.144. The van der Waals surface area contributed by atoms with E-state index in [1.54, 1.807) is 59.4 Å². The van der Waals surface area contributed by atoms with Crippen molar-refractivity contribution in [2.75, 3.05) is 31.1 Å². The number of alkyl halides is 2. The van der Waals surface area contributed by atoms with Gasteiger partial charge in [0.05, 0.1) is 24.1 Å². The number of fused-ring (bicyclic) bond motifs is 1. The molecule has 1 aliphatic rings. The van der Waals surface area contributed by atoms with Gasteiger partial charge in [0, 0.05) is 56.2 Å². The molecule has 0 spiro atoms. The van der Waals surface area contributed by atoms with Crippen molar-refractivity contribution in [2.24, 2.45) is 7.05 Å². The van der Waals surface area contributed by atoms with E-state index < -0.39 is 25.2 Å². The molecule has 13 heteroatoms. The molecule has 41 heavy (non-hydrogen) atoms. The Morgan fingerprint density at radius 1 is 1.12 bits per heavy atom. The van der Waals surface area contributed by atoms with Crippen LogP contribution in [0, 0.1) is 0 Å². The van der Waals surface area contributed by atoms with Crippen molar-refractivity contribution in [1.29, 1.82) is 0 Å². The van der Waals surface area contributed by atoms with E-state index in [1.807, 2.05) is 17.9 Å². The van der Waals surface area contributed by atoms with E-state index in [-0.39, 0.29) is 23.9 Å². The van der Waals surface area contributed by atoms with Crippen LogP contribution >= 0.6 is 0 Å². The third-order valence-electron chi connectivity index (χ3n) is 7.29. The van der Waals surface area contributed by atoms with Gasteiger partial charge in [0.1, 0.15) is 5.75 Å². The third kappa shape index (κ3) is 5.63. The summed E-state index contributed by atoms with van der Waals surface area (Å²) >= 11 is 0. The first-order valence-corrected chi connectivity index (χ1v) is 13.1. The Labute approximate surface area is 233 Å². The SMILES string of the molecule is CC1CN(c2ncc(-c3ccc4c(=O)n(C)n(Cc5ccccc5OC(F)F)c4c3)cn2)CCN1C(=O)C(O)CO. The minimum Gasteiger partial charge on any atom is -0.434 e. The number of halogens is 2. The van der Waals surface area contributed by atoms with Crippen molar-refractivity contribution in [3.05, 3.63) is 70.8 Å². The number of piperazine rings is 1. The highest BCUT2D eigenvalue weighted by Crippen LogP contribution is 2.27. The highest BCUT2D eigenvalue weighted by Gasteiger charge is 2.31. The predicted molar refractivity (Wildman–Crippen MR) is 147 cm³/mol. The molecule has 4 aromatic rings. The van der Waals surface area contributed by atoms with Crippen LogP contribution in [-0.4, -0.2) is 85.4 Å². The van der Waals surface area contributed by atoms with Crippen molar-refractivity contribution in [2.45, 2.75) is 32.2 Å². The number of anilines is 1. The lowest BCUT2D eigenvalue weighted by atomic mass is 10.1. The molecule has 216 valence electrons. The van der Waals surface area contributed by atoms with Gasteiger partial charge in [0.25, 0.3) is 11.5 Å². The van der Waals surface area contributed by atoms with Crippen LogP contribution < -0.4 is 15.2 Å². The topological polar surface area (TPSA) is 126 Å². The fourth-order valence-electron chi connectivity index (χ4n) is 5.12. The average molecular weight is 569 g/mol. The largest absolute Gasteiger partial charge is 0.434 e. The summed E-state index contributed by atoms with van der Waals surface area (Å²) in [6.45, 7) is -0.315. The molecule has 11 nitrogen and oxygen atoms in total. The molecule has 0 saturated carbocycles. The monoisotopic (exact) mass is 568 g/mol. The van der Waals surface area contributed by atoms with Crippen molar-refractivity contribution >= 4 is 22.8 Å². The van der Waals surface area contributed by atoms with Gasteiger partial charge in [0.15, 0.2) is 6.10 Å². The zero-order chi connectivity index (χ0) is 29.3. The summed E-state index contributed by atoms with van der Waals surface area (Å²) in [5, 5.41) is 19.3. The first kappa shape index (κ1) is 28.2. The molecular weight excluding hydrogens is 538 g/mol. The fourth-order valence-corrected chi connectivity index (χ4v) is 5.12. The summed E-state index contributed by atoms with van der Waals surface area (Å²) in [6, 6.07) is 11.6. The number of aliphatic hydroxyl groups excluding tert-OH is 2. The number of rotatable bonds is 8. The fraction of sp³-hybridized carbons (Fsp3) is 0.357. The van der Waals surface area contributed by atoms with Gasteiger partial charge in [-0.15, -0.1) is 0 Å². The van der Waals surface area contributed by atoms with Gasteiger partial charge in [0.2, 0.25) is 5.95 Å². The molecule has 1 aliphatic heterocycles. The molecule has 2 atom stereocenters. The van der Waals surface area contributed by atoms with Crippen LogP contribution in [0.5, 0.6) is 5.75 Å². The maximum absolute atomic E-state index is 12.9. The number of amides is 1. The molecular formula is C28H30F2N6O5. The number of hydrogen-bond acceptors (Lipinski definition) is 8. The van der Waals surface area contributed by atoms with Gasteiger partial charge in [-0.05, 0) is 30.7 Å². The number of para-hydroxylation sites is 1. The number of ether oxygens (including phenoxy) is 1. The molecule has 1 amide bonds. The van der Waals surface area contributed by atoms with E-state index in [9.17, 15) is 23.5 Å². The number of nitrogens with zero attached hydrogens (tertiary/aromatic N) is 6. The second-order valence-corrected chi connectivity index (χ2v) is 9.90. The molecule has 2 aromatic carbocycles. The van der Waals surface area contributed by atoms with E-state index in [0.717, 1.165) is 5.56 Å². The zero-order valence-corrected chi connectivity index (χ0v) is 22.5. The first-order valence-electron chi connectivity index (χ1n) is 13.1. The average Bonchev–Trinajstić information content (AvgIpc) is 3.21. The normalized spacial score (nSPS) is 16.4. The van der Waals surface area contributed by atoms with Crippen LogP contribution in [0.4, 0.5) is 14.7 Å². The minimum atomic E-state index is -2.97. The number of aliphatic hydroxyl groups is 2. The summed E-state index contributed by atoms with van der Waals surface area (Å²) in [5.74, 6) is 0.0282. The highest BCUT2D eigenvalue weighted by atomic mass is 19.3. The van der Waals surface area contributed by atoms with Gasteiger partial charge in [-0.1, -0.05) is 24.3 Å². The molecule has 3 heterocycles. The van der Waals surface area contributed by atoms with E-state index in [1.165, 1.54) is 10.7 Å². The maximum atomic E-state index is 12.9. The molecule has 0 bridgehead atoms. The molecule has 1 fully saturated rings. The van der Waals surface area contributed by atoms with Gasteiger partial charge in [-0.3, -0.25) is 19.0 Å². The van der Waals surface area contributed by atoms with Crippen molar-refractivity contribution in [3.63, 3.8) is 0 Å². The van der Waals surface area contributed by atoms with Crippen LogP contribution in [0.3, 0.4) is 0 Å². The maximum Gasteiger partial charge on any atom is 0.387 e. The zero-order valence-electron chi connectivity index (χ0n) is 22.5. The summed E-state index contributed by atoms with van der Waals surface area (Å²) in [7, 11) is 1.62. The minimum absolute atomic E-state index is 0.0426. The van der Waals surface area contributed by atoms with E-state index in [0.29, 0.717) is 47.6 Å². The van der Waals surface area contributed by atoms with E-state index in [2.05, 4.69) is 14.7 Å².